The molecule has 3 rings (SSSR count). The highest BCUT2D eigenvalue weighted by Gasteiger charge is 2.16. The lowest BCUT2D eigenvalue weighted by Gasteiger charge is -2.12. The molecule has 1 aliphatic carbocycles. The summed E-state index contributed by atoms with van der Waals surface area (Å²) < 4.78 is 1.69. The maximum absolute atomic E-state index is 4.10. The van der Waals surface area contributed by atoms with Gasteiger partial charge in [-0.3, -0.25) is 4.98 Å². The van der Waals surface area contributed by atoms with Crippen LogP contribution < -0.4 is 5.32 Å². The number of rotatable bonds is 2. The van der Waals surface area contributed by atoms with Crippen molar-refractivity contribution in [3.8, 4) is 0 Å². The van der Waals surface area contributed by atoms with E-state index in [1.165, 1.54) is 25.7 Å². The fraction of sp³-hybridized carbons (Fsp3) is 0.556. The smallest absolute Gasteiger partial charge is 0.199 e. The number of nitrogens with one attached hydrogen (secondary N) is 1. The molecule has 2 aromatic heterocycles. The number of tetrazole rings is 1. The number of fused-ring (bicyclic) bond motifs is 1. The van der Waals surface area contributed by atoms with Crippen molar-refractivity contribution >= 4 is 11.5 Å². The first-order valence-electron chi connectivity index (χ1n) is 5.22. The number of anilines is 1. The Labute approximate surface area is 86.7 Å². The molecule has 1 saturated carbocycles. The Morgan fingerprint density at radius 1 is 1.27 bits per heavy atom. The molecule has 1 aliphatic rings. The highest BCUT2D eigenvalue weighted by atomic mass is 15.5. The third-order valence-corrected chi connectivity index (χ3v) is 2.82. The van der Waals surface area contributed by atoms with Gasteiger partial charge in [0.25, 0.3) is 0 Å². The topological polar surface area (TPSA) is 68.0 Å². The molecule has 6 heteroatoms. The summed E-state index contributed by atoms with van der Waals surface area (Å²) in [6.45, 7) is 0. The minimum Gasteiger partial charge on any atom is -0.366 e. The summed E-state index contributed by atoms with van der Waals surface area (Å²) in [7, 11) is 0. The Morgan fingerprint density at radius 2 is 2.13 bits per heavy atom. The minimum absolute atomic E-state index is 0.543. The van der Waals surface area contributed by atoms with Crippen LogP contribution >= 0.6 is 0 Å². The molecule has 2 heterocycles. The summed E-state index contributed by atoms with van der Waals surface area (Å²) in [6, 6.07) is 0.543. The van der Waals surface area contributed by atoms with E-state index < -0.39 is 0 Å². The van der Waals surface area contributed by atoms with Gasteiger partial charge in [-0.25, -0.2) is 0 Å². The Balaban J connectivity index is 1.92. The highest BCUT2D eigenvalue weighted by molar-refractivity contribution is 5.44. The minimum atomic E-state index is 0.543. The van der Waals surface area contributed by atoms with Crippen LogP contribution in [0.25, 0.3) is 5.65 Å². The van der Waals surface area contributed by atoms with E-state index in [1.807, 2.05) is 0 Å². The van der Waals surface area contributed by atoms with Crippen LogP contribution in [0.1, 0.15) is 25.7 Å². The van der Waals surface area contributed by atoms with E-state index in [0.29, 0.717) is 11.7 Å². The maximum Gasteiger partial charge on any atom is 0.199 e. The van der Waals surface area contributed by atoms with Crippen LogP contribution in [-0.4, -0.2) is 31.1 Å². The molecule has 0 saturated heterocycles. The second kappa shape index (κ2) is 3.45. The predicted molar refractivity (Wildman–Crippen MR) is 54.5 cm³/mol. The SMILES string of the molecule is c1ncc2nnnn2c1NC1CCCC1. The van der Waals surface area contributed by atoms with Gasteiger partial charge in [0.1, 0.15) is 0 Å². The molecule has 15 heavy (non-hydrogen) atoms. The summed E-state index contributed by atoms with van der Waals surface area (Å²) in [5.41, 5.74) is 0.679. The zero-order chi connectivity index (χ0) is 10.1. The molecule has 1 fully saturated rings. The van der Waals surface area contributed by atoms with Gasteiger partial charge in [-0.15, -0.1) is 5.10 Å². The summed E-state index contributed by atoms with van der Waals surface area (Å²) in [5.74, 6) is 0.879. The van der Waals surface area contributed by atoms with Crippen molar-refractivity contribution in [3.05, 3.63) is 12.4 Å². The average molecular weight is 204 g/mol. The zero-order valence-corrected chi connectivity index (χ0v) is 8.30. The number of aromatic nitrogens is 5. The van der Waals surface area contributed by atoms with Crippen molar-refractivity contribution in [3.63, 3.8) is 0 Å². The normalized spacial score (nSPS) is 17.3. The van der Waals surface area contributed by atoms with Gasteiger partial charge in [-0.05, 0) is 23.3 Å². The molecule has 1 N–H and O–H groups in total. The lowest BCUT2D eigenvalue weighted by atomic mass is 10.2. The molecular weight excluding hydrogens is 192 g/mol. The molecule has 2 aromatic rings. The summed E-state index contributed by atoms with van der Waals surface area (Å²) in [4.78, 5) is 4.10. The van der Waals surface area contributed by atoms with E-state index in [0.717, 1.165) is 5.82 Å². The fourth-order valence-electron chi connectivity index (χ4n) is 2.05. The summed E-state index contributed by atoms with van der Waals surface area (Å²) in [5, 5.41) is 14.8. The molecule has 0 atom stereocenters. The molecule has 6 nitrogen and oxygen atoms in total. The molecule has 0 spiro atoms. The van der Waals surface area contributed by atoms with Crippen LogP contribution in [0.3, 0.4) is 0 Å². The molecule has 0 amide bonds. The van der Waals surface area contributed by atoms with E-state index in [9.17, 15) is 0 Å². The number of nitrogens with zero attached hydrogens (tertiary/aromatic N) is 5. The largest absolute Gasteiger partial charge is 0.366 e. The van der Waals surface area contributed by atoms with E-state index in [4.69, 9.17) is 0 Å². The van der Waals surface area contributed by atoms with E-state index in [1.54, 1.807) is 16.9 Å². The van der Waals surface area contributed by atoms with Crippen LogP contribution in [0.4, 0.5) is 5.82 Å². The van der Waals surface area contributed by atoms with E-state index in [2.05, 4.69) is 25.8 Å². The Morgan fingerprint density at radius 3 is 3.00 bits per heavy atom. The summed E-state index contributed by atoms with van der Waals surface area (Å²) in [6.07, 6.45) is 8.46. The van der Waals surface area contributed by atoms with Gasteiger partial charge < -0.3 is 5.32 Å². The van der Waals surface area contributed by atoms with Crippen LogP contribution in [0.5, 0.6) is 0 Å². The maximum atomic E-state index is 4.10. The van der Waals surface area contributed by atoms with Crippen LogP contribution in [0, 0.1) is 0 Å². The van der Waals surface area contributed by atoms with Crippen molar-refractivity contribution in [2.24, 2.45) is 0 Å². The monoisotopic (exact) mass is 204 g/mol. The first-order chi connectivity index (χ1) is 7.43. The molecule has 0 bridgehead atoms. The van der Waals surface area contributed by atoms with Gasteiger partial charge in [-0.2, -0.15) is 4.52 Å². The lowest BCUT2D eigenvalue weighted by molar-refractivity contribution is 0.732. The van der Waals surface area contributed by atoms with Crippen molar-refractivity contribution in [1.82, 2.24) is 25.0 Å². The molecule has 0 radical (unpaired) electrons. The van der Waals surface area contributed by atoms with Crippen molar-refractivity contribution in [1.29, 1.82) is 0 Å². The Kier molecular flexibility index (Phi) is 1.97. The lowest BCUT2D eigenvalue weighted by Crippen LogP contribution is -2.17. The van der Waals surface area contributed by atoms with Crippen LogP contribution in [-0.2, 0) is 0 Å². The number of hydrogen-bond acceptors (Lipinski definition) is 5. The van der Waals surface area contributed by atoms with Crippen molar-refractivity contribution in [2.75, 3.05) is 5.32 Å². The van der Waals surface area contributed by atoms with Crippen molar-refractivity contribution < 1.29 is 0 Å². The Bertz CT molecular complexity index is 458. The first-order valence-corrected chi connectivity index (χ1v) is 5.22. The van der Waals surface area contributed by atoms with Gasteiger partial charge in [0, 0.05) is 6.04 Å². The third kappa shape index (κ3) is 1.51. The molecule has 0 aromatic carbocycles. The van der Waals surface area contributed by atoms with Crippen molar-refractivity contribution in [2.45, 2.75) is 31.7 Å². The van der Waals surface area contributed by atoms with Gasteiger partial charge in [0.05, 0.1) is 12.4 Å². The molecular formula is C9H12N6. The predicted octanol–water partition coefficient (Wildman–Crippen LogP) is 0.874. The second-order valence-corrected chi connectivity index (χ2v) is 3.87. The molecule has 0 aliphatic heterocycles. The van der Waals surface area contributed by atoms with E-state index >= 15 is 0 Å². The van der Waals surface area contributed by atoms with Crippen LogP contribution in [0.2, 0.25) is 0 Å². The van der Waals surface area contributed by atoms with Crippen LogP contribution in [0.15, 0.2) is 12.4 Å². The van der Waals surface area contributed by atoms with Gasteiger partial charge >= 0.3 is 0 Å². The quantitative estimate of drug-likeness (QED) is 0.786. The standard InChI is InChI=1S/C9H12N6/c1-2-4-7(3-1)11-8-5-10-6-9-12-13-14-15(8)9/h5-7,11H,1-4H2. The fourth-order valence-corrected chi connectivity index (χ4v) is 2.05. The molecule has 0 unspecified atom stereocenters. The van der Waals surface area contributed by atoms with E-state index in [-0.39, 0.29) is 0 Å². The molecule has 78 valence electrons. The van der Waals surface area contributed by atoms with Gasteiger partial charge in [0.2, 0.25) is 0 Å². The zero-order valence-electron chi connectivity index (χ0n) is 8.30. The first kappa shape index (κ1) is 8.58. The average Bonchev–Trinajstić information content (AvgIpc) is 2.87. The summed E-state index contributed by atoms with van der Waals surface area (Å²) >= 11 is 0. The third-order valence-electron chi connectivity index (χ3n) is 2.82. The Hall–Kier alpha value is -1.72. The highest BCUT2D eigenvalue weighted by Crippen LogP contribution is 2.21. The second-order valence-electron chi connectivity index (χ2n) is 3.87. The number of hydrogen-bond donors (Lipinski definition) is 1. The van der Waals surface area contributed by atoms with Gasteiger partial charge in [0.15, 0.2) is 11.5 Å². The van der Waals surface area contributed by atoms with Gasteiger partial charge in [-0.1, -0.05) is 12.8 Å².